The summed E-state index contributed by atoms with van der Waals surface area (Å²) in [5.41, 5.74) is 7.92. The summed E-state index contributed by atoms with van der Waals surface area (Å²) >= 11 is 0. The summed E-state index contributed by atoms with van der Waals surface area (Å²) in [6.45, 7) is 0.319. The van der Waals surface area contributed by atoms with Gasteiger partial charge in [-0.1, -0.05) is 18.6 Å². The SMILES string of the molecule is Cl.NC1CCCC(C(=O)Nc2ccc(C(=O)NCc3ccc(F)cc3)cc2)C1. The summed E-state index contributed by atoms with van der Waals surface area (Å²) in [6.07, 6.45) is 3.54. The third kappa shape index (κ3) is 6.04. The molecular weight excluding hydrogens is 381 g/mol. The monoisotopic (exact) mass is 405 g/mol. The van der Waals surface area contributed by atoms with E-state index in [1.165, 1.54) is 12.1 Å². The van der Waals surface area contributed by atoms with E-state index in [9.17, 15) is 14.0 Å². The zero-order chi connectivity index (χ0) is 19.2. The normalized spacial score (nSPS) is 18.6. The first-order valence-corrected chi connectivity index (χ1v) is 9.20. The van der Waals surface area contributed by atoms with Gasteiger partial charge in [-0.15, -0.1) is 12.4 Å². The molecule has 0 saturated heterocycles. The van der Waals surface area contributed by atoms with Crippen molar-refractivity contribution in [3.8, 4) is 0 Å². The second-order valence-corrected chi connectivity index (χ2v) is 7.00. The van der Waals surface area contributed by atoms with Crippen molar-refractivity contribution in [1.82, 2.24) is 5.32 Å². The summed E-state index contributed by atoms with van der Waals surface area (Å²) in [5, 5.41) is 5.69. The van der Waals surface area contributed by atoms with Crippen LogP contribution < -0.4 is 16.4 Å². The van der Waals surface area contributed by atoms with Crippen molar-refractivity contribution in [1.29, 1.82) is 0 Å². The van der Waals surface area contributed by atoms with E-state index in [1.54, 1.807) is 36.4 Å². The van der Waals surface area contributed by atoms with Gasteiger partial charge in [-0.05, 0) is 61.2 Å². The molecule has 2 aromatic carbocycles. The highest BCUT2D eigenvalue weighted by Gasteiger charge is 2.25. The Balaban J connectivity index is 0.00000280. The van der Waals surface area contributed by atoms with Crippen molar-refractivity contribution < 1.29 is 14.0 Å². The predicted molar refractivity (Wildman–Crippen MR) is 110 cm³/mol. The molecule has 2 unspecified atom stereocenters. The van der Waals surface area contributed by atoms with E-state index < -0.39 is 0 Å². The van der Waals surface area contributed by atoms with Gasteiger partial charge >= 0.3 is 0 Å². The zero-order valence-electron chi connectivity index (χ0n) is 15.5. The van der Waals surface area contributed by atoms with Crippen LogP contribution in [-0.4, -0.2) is 17.9 Å². The molecular formula is C21H25ClFN3O2. The number of amides is 2. The van der Waals surface area contributed by atoms with E-state index in [-0.39, 0.29) is 42.0 Å². The van der Waals surface area contributed by atoms with Crippen LogP contribution in [0.2, 0.25) is 0 Å². The van der Waals surface area contributed by atoms with Crippen LogP contribution in [0.1, 0.15) is 41.6 Å². The van der Waals surface area contributed by atoms with Crippen molar-refractivity contribution >= 4 is 29.9 Å². The second kappa shape index (κ2) is 10.2. The maximum Gasteiger partial charge on any atom is 0.251 e. The summed E-state index contributed by atoms with van der Waals surface area (Å²) in [7, 11) is 0. The van der Waals surface area contributed by atoms with Crippen LogP contribution in [0.3, 0.4) is 0 Å². The Morgan fingerprint density at radius 2 is 1.71 bits per heavy atom. The molecule has 2 amide bonds. The highest BCUT2D eigenvalue weighted by Crippen LogP contribution is 2.24. The van der Waals surface area contributed by atoms with Crippen molar-refractivity contribution in [3.05, 3.63) is 65.5 Å². The van der Waals surface area contributed by atoms with Gasteiger partial charge in [0.25, 0.3) is 5.91 Å². The number of hydrogen-bond acceptors (Lipinski definition) is 3. The highest BCUT2D eigenvalue weighted by atomic mass is 35.5. The van der Waals surface area contributed by atoms with Gasteiger partial charge in [-0.25, -0.2) is 4.39 Å². The van der Waals surface area contributed by atoms with E-state index in [0.29, 0.717) is 17.8 Å². The Bertz CT molecular complexity index is 796. The van der Waals surface area contributed by atoms with Crippen molar-refractivity contribution in [2.24, 2.45) is 11.7 Å². The topological polar surface area (TPSA) is 84.2 Å². The average molecular weight is 406 g/mol. The van der Waals surface area contributed by atoms with Crippen LogP contribution in [0.15, 0.2) is 48.5 Å². The number of benzene rings is 2. The molecule has 0 spiro atoms. The van der Waals surface area contributed by atoms with Gasteiger partial charge in [0.1, 0.15) is 5.82 Å². The third-order valence-corrected chi connectivity index (χ3v) is 4.87. The molecule has 0 aliphatic heterocycles. The lowest BCUT2D eigenvalue weighted by Gasteiger charge is -2.25. The third-order valence-electron chi connectivity index (χ3n) is 4.87. The minimum atomic E-state index is -0.307. The number of nitrogens with one attached hydrogen (secondary N) is 2. The van der Waals surface area contributed by atoms with Crippen molar-refractivity contribution in [2.75, 3.05) is 5.32 Å². The second-order valence-electron chi connectivity index (χ2n) is 7.00. The lowest BCUT2D eigenvalue weighted by molar-refractivity contribution is -0.120. The molecule has 1 aliphatic carbocycles. The molecule has 1 fully saturated rings. The molecule has 3 rings (SSSR count). The molecule has 1 saturated carbocycles. The van der Waals surface area contributed by atoms with Crippen LogP contribution in [0, 0.1) is 11.7 Å². The smallest absolute Gasteiger partial charge is 0.251 e. The lowest BCUT2D eigenvalue weighted by Crippen LogP contribution is -2.34. The number of carbonyl (C=O) groups is 2. The minimum absolute atomic E-state index is 0. The first kappa shape index (κ1) is 21.9. The van der Waals surface area contributed by atoms with Crippen molar-refractivity contribution in [2.45, 2.75) is 38.3 Å². The highest BCUT2D eigenvalue weighted by molar-refractivity contribution is 5.96. The van der Waals surface area contributed by atoms with Gasteiger partial charge < -0.3 is 16.4 Å². The molecule has 28 heavy (non-hydrogen) atoms. The minimum Gasteiger partial charge on any atom is -0.348 e. The van der Waals surface area contributed by atoms with Gasteiger partial charge in [0, 0.05) is 29.8 Å². The number of rotatable bonds is 5. The maximum absolute atomic E-state index is 12.9. The fourth-order valence-corrected chi connectivity index (χ4v) is 3.30. The molecule has 2 atom stereocenters. The number of hydrogen-bond donors (Lipinski definition) is 3. The first-order valence-electron chi connectivity index (χ1n) is 9.20. The Morgan fingerprint density at radius 3 is 2.36 bits per heavy atom. The molecule has 150 valence electrons. The standard InChI is InChI=1S/C21H24FN3O2.ClH/c22-17-8-4-14(5-9-17)13-24-20(26)15-6-10-19(11-7-15)25-21(27)16-2-1-3-18(23)12-16;/h4-11,16,18H,1-3,12-13,23H2,(H,24,26)(H,25,27);1H. The first-order chi connectivity index (χ1) is 13.0. The summed E-state index contributed by atoms with van der Waals surface area (Å²) in [6, 6.07) is 12.8. The summed E-state index contributed by atoms with van der Waals surface area (Å²) in [5.74, 6) is -0.598. The van der Waals surface area contributed by atoms with Gasteiger partial charge in [-0.2, -0.15) is 0 Å². The van der Waals surface area contributed by atoms with Gasteiger partial charge in [0.15, 0.2) is 0 Å². The van der Waals surface area contributed by atoms with Crippen LogP contribution in [-0.2, 0) is 11.3 Å². The molecule has 0 bridgehead atoms. The summed E-state index contributed by atoms with van der Waals surface area (Å²) in [4.78, 5) is 24.6. The largest absolute Gasteiger partial charge is 0.348 e. The van der Waals surface area contributed by atoms with Crippen LogP contribution >= 0.6 is 12.4 Å². The molecule has 0 aromatic heterocycles. The maximum atomic E-state index is 12.9. The van der Waals surface area contributed by atoms with Crippen LogP contribution in [0.4, 0.5) is 10.1 Å². The van der Waals surface area contributed by atoms with Gasteiger partial charge in [0.05, 0.1) is 0 Å². The molecule has 2 aromatic rings. The van der Waals surface area contributed by atoms with E-state index in [4.69, 9.17) is 5.73 Å². The number of halogens is 2. The Labute approximate surface area is 170 Å². The fraction of sp³-hybridized carbons (Fsp3) is 0.333. The lowest BCUT2D eigenvalue weighted by atomic mass is 9.85. The van der Waals surface area contributed by atoms with Crippen molar-refractivity contribution in [3.63, 3.8) is 0 Å². The van der Waals surface area contributed by atoms with E-state index in [2.05, 4.69) is 10.6 Å². The van der Waals surface area contributed by atoms with Gasteiger partial charge in [0.2, 0.25) is 5.91 Å². The number of nitrogens with two attached hydrogens (primary N) is 1. The Kier molecular flexibility index (Phi) is 7.96. The van der Waals surface area contributed by atoms with E-state index >= 15 is 0 Å². The van der Waals surface area contributed by atoms with E-state index in [1.807, 2.05) is 0 Å². The molecule has 1 aliphatic rings. The molecule has 4 N–H and O–H groups in total. The fourth-order valence-electron chi connectivity index (χ4n) is 3.30. The number of carbonyl (C=O) groups excluding carboxylic acids is 2. The zero-order valence-corrected chi connectivity index (χ0v) is 16.3. The Hall–Kier alpha value is -2.44. The summed E-state index contributed by atoms with van der Waals surface area (Å²) < 4.78 is 12.9. The van der Waals surface area contributed by atoms with Gasteiger partial charge in [-0.3, -0.25) is 9.59 Å². The average Bonchev–Trinajstić information content (AvgIpc) is 2.68. The van der Waals surface area contributed by atoms with Crippen LogP contribution in [0.25, 0.3) is 0 Å². The van der Waals surface area contributed by atoms with Crippen LogP contribution in [0.5, 0.6) is 0 Å². The Morgan fingerprint density at radius 1 is 1.04 bits per heavy atom. The molecule has 0 heterocycles. The molecule has 5 nitrogen and oxygen atoms in total. The molecule has 7 heteroatoms. The quantitative estimate of drug-likeness (QED) is 0.710. The number of anilines is 1. The van der Waals surface area contributed by atoms with E-state index in [0.717, 1.165) is 31.2 Å². The molecule has 0 radical (unpaired) electrons. The predicted octanol–water partition coefficient (Wildman–Crippen LogP) is 3.63.